The summed E-state index contributed by atoms with van der Waals surface area (Å²) in [6, 6.07) is 2.44. The van der Waals surface area contributed by atoms with Gasteiger partial charge in [0.25, 0.3) is 0 Å². The molecular formula is C17H26N6O2. The predicted molar refractivity (Wildman–Crippen MR) is 93.2 cm³/mol. The second-order valence-corrected chi connectivity index (χ2v) is 6.48. The molecule has 1 atom stereocenters. The van der Waals surface area contributed by atoms with Gasteiger partial charge in [-0.05, 0) is 20.8 Å². The van der Waals surface area contributed by atoms with Crippen LogP contribution in [0.1, 0.15) is 50.1 Å². The van der Waals surface area contributed by atoms with E-state index in [0.717, 1.165) is 37.6 Å². The van der Waals surface area contributed by atoms with Crippen LogP contribution >= 0.6 is 0 Å². The Morgan fingerprint density at radius 3 is 2.88 bits per heavy atom. The second kappa shape index (κ2) is 7.88. The summed E-state index contributed by atoms with van der Waals surface area (Å²) >= 11 is 0. The highest BCUT2D eigenvalue weighted by molar-refractivity contribution is 5.37. The average molecular weight is 346 g/mol. The standard InChI is InChI=1S/C17H26N6O2/c1-5-17-21-16(22-25-17)9-18-15-8-13(19-12(4)20-15)14-10-23(11(2)3)6-7-24-14/h8,11,14H,5-7,9-10H2,1-4H3,(H,18,19,20). The first-order valence-corrected chi connectivity index (χ1v) is 8.81. The first-order valence-electron chi connectivity index (χ1n) is 8.81. The molecule has 1 saturated heterocycles. The Morgan fingerprint density at radius 2 is 2.16 bits per heavy atom. The fourth-order valence-corrected chi connectivity index (χ4v) is 2.84. The molecule has 0 aromatic carbocycles. The van der Waals surface area contributed by atoms with Gasteiger partial charge in [-0.1, -0.05) is 12.1 Å². The third-order valence-corrected chi connectivity index (χ3v) is 4.26. The average Bonchev–Trinajstić information content (AvgIpc) is 3.08. The molecule has 3 heterocycles. The van der Waals surface area contributed by atoms with Crippen LogP contribution in [0.5, 0.6) is 0 Å². The molecule has 0 saturated carbocycles. The van der Waals surface area contributed by atoms with Gasteiger partial charge in [-0.3, -0.25) is 4.90 Å². The minimum atomic E-state index is -0.0322. The number of hydrogen-bond donors (Lipinski definition) is 1. The highest BCUT2D eigenvalue weighted by atomic mass is 16.5. The normalized spacial score (nSPS) is 18.7. The largest absolute Gasteiger partial charge is 0.369 e. The van der Waals surface area contributed by atoms with Crippen molar-refractivity contribution in [3.63, 3.8) is 0 Å². The molecule has 1 unspecified atom stereocenters. The first-order chi connectivity index (χ1) is 12.0. The van der Waals surface area contributed by atoms with Gasteiger partial charge in [0.1, 0.15) is 17.7 Å². The van der Waals surface area contributed by atoms with Crippen LogP contribution in [0.4, 0.5) is 5.82 Å². The molecule has 1 aliphatic rings. The van der Waals surface area contributed by atoms with Crippen molar-refractivity contribution >= 4 is 5.82 Å². The first kappa shape index (κ1) is 17.8. The van der Waals surface area contributed by atoms with E-state index in [9.17, 15) is 0 Å². The number of nitrogens with one attached hydrogen (secondary N) is 1. The van der Waals surface area contributed by atoms with Crippen LogP contribution in [0.25, 0.3) is 0 Å². The number of nitrogens with zero attached hydrogens (tertiary/aromatic N) is 5. The Morgan fingerprint density at radius 1 is 1.32 bits per heavy atom. The highest BCUT2D eigenvalue weighted by Crippen LogP contribution is 2.23. The summed E-state index contributed by atoms with van der Waals surface area (Å²) in [6.45, 7) is 11.3. The van der Waals surface area contributed by atoms with Gasteiger partial charge in [-0.15, -0.1) is 0 Å². The van der Waals surface area contributed by atoms with Gasteiger partial charge in [0.2, 0.25) is 5.89 Å². The Balaban J connectivity index is 1.69. The zero-order valence-corrected chi connectivity index (χ0v) is 15.3. The van der Waals surface area contributed by atoms with Gasteiger partial charge in [0.15, 0.2) is 5.82 Å². The summed E-state index contributed by atoms with van der Waals surface area (Å²) < 4.78 is 11.1. The third kappa shape index (κ3) is 4.52. The number of aromatic nitrogens is 4. The number of aryl methyl sites for hydroxylation is 2. The van der Waals surface area contributed by atoms with Crippen LogP contribution in [-0.2, 0) is 17.7 Å². The number of rotatable bonds is 6. The van der Waals surface area contributed by atoms with Gasteiger partial charge in [0, 0.05) is 31.6 Å². The van der Waals surface area contributed by atoms with Crippen molar-refractivity contribution in [2.75, 3.05) is 25.0 Å². The van der Waals surface area contributed by atoms with Crippen molar-refractivity contribution in [2.24, 2.45) is 0 Å². The van der Waals surface area contributed by atoms with E-state index in [0.29, 0.717) is 30.1 Å². The van der Waals surface area contributed by atoms with Crippen molar-refractivity contribution in [1.82, 2.24) is 25.0 Å². The van der Waals surface area contributed by atoms with E-state index in [1.54, 1.807) is 0 Å². The quantitative estimate of drug-likeness (QED) is 0.851. The molecule has 3 rings (SSSR count). The third-order valence-electron chi connectivity index (χ3n) is 4.26. The number of morpholine rings is 1. The van der Waals surface area contributed by atoms with Crippen LogP contribution in [0.3, 0.4) is 0 Å². The Hall–Kier alpha value is -2.06. The number of anilines is 1. The summed E-state index contributed by atoms with van der Waals surface area (Å²) in [5.41, 5.74) is 0.905. The molecule has 0 aliphatic carbocycles. The van der Waals surface area contributed by atoms with E-state index in [1.165, 1.54) is 0 Å². The van der Waals surface area contributed by atoms with E-state index >= 15 is 0 Å². The van der Waals surface area contributed by atoms with E-state index in [2.05, 4.69) is 44.2 Å². The number of hydrogen-bond acceptors (Lipinski definition) is 8. The van der Waals surface area contributed by atoms with Crippen molar-refractivity contribution in [3.05, 3.63) is 29.3 Å². The molecule has 8 heteroatoms. The van der Waals surface area contributed by atoms with E-state index in [4.69, 9.17) is 9.26 Å². The summed E-state index contributed by atoms with van der Waals surface area (Å²) in [5, 5.41) is 7.19. The Kier molecular flexibility index (Phi) is 5.60. The lowest BCUT2D eigenvalue weighted by molar-refractivity contribution is -0.0422. The molecule has 0 bridgehead atoms. The minimum Gasteiger partial charge on any atom is -0.369 e. The Bertz CT molecular complexity index is 702. The van der Waals surface area contributed by atoms with Crippen LogP contribution in [0.2, 0.25) is 0 Å². The van der Waals surface area contributed by atoms with Crippen molar-refractivity contribution in [1.29, 1.82) is 0 Å². The lowest BCUT2D eigenvalue weighted by Crippen LogP contribution is -2.42. The monoisotopic (exact) mass is 346 g/mol. The van der Waals surface area contributed by atoms with Gasteiger partial charge in [-0.2, -0.15) is 4.98 Å². The van der Waals surface area contributed by atoms with Gasteiger partial charge in [0.05, 0.1) is 18.8 Å². The van der Waals surface area contributed by atoms with Crippen LogP contribution in [0.15, 0.2) is 10.6 Å². The molecule has 0 spiro atoms. The predicted octanol–water partition coefficient (Wildman–Crippen LogP) is 2.12. The molecular weight excluding hydrogens is 320 g/mol. The molecule has 2 aromatic rings. The Labute approximate surface area is 148 Å². The SMILES string of the molecule is CCc1nc(CNc2cc(C3CN(C(C)C)CCO3)nc(C)n2)no1. The molecule has 136 valence electrons. The van der Waals surface area contributed by atoms with Crippen LogP contribution in [0, 0.1) is 6.92 Å². The zero-order valence-electron chi connectivity index (χ0n) is 15.3. The topological polar surface area (TPSA) is 89.2 Å². The van der Waals surface area contributed by atoms with Crippen molar-refractivity contribution in [2.45, 2.75) is 52.8 Å². The molecule has 1 fully saturated rings. The smallest absolute Gasteiger partial charge is 0.226 e. The maximum absolute atomic E-state index is 5.94. The maximum atomic E-state index is 5.94. The fraction of sp³-hybridized carbons (Fsp3) is 0.647. The zero-order chi connectivity index (χ0) is 17.8. The molecule has 2 aromatic heterocycles. The number of ether oxygens (including phenoxy) is 1. The summed E-state index contributed by atoms with van der Waals surface area (Å²) in [7, 11) is 0. The van der Waals surface area contributed by atoms with E-state index in [1.807, 2.05) is 19.9 Å². The molecule has 1 aliphatic heterocycles. The molecule has 25 heavy (non-hydrogen) atoms. The maximum Gasteiger partial charge on any atom is 0.226 e. The molecule has 0 radical (unpaired) electrons. The van der Waals surface area contributed by atoms with Gasteiger partial charge < -0.3 is 14.6 Å². The van der Waals surface area contributed by atoms with E-state index in [-0.39, 0.29) is 6.10 Å². The minimum absolute atomic E-state index is 0.0322. The van der Waals surface area contributed by atoms with Gasteiger partial charge in [-0.25, -0.2) is 9.97 Å². The lowest BCUT2D eigenvalue weighted by atomic mass is 10.1. The van der Waals surface area contributed by atoms with Crippen molar-refractivity contribution in [3.8, 4) is 0 Å². The summed E-state index contributed by atoms with van der Waals surface area (Å²) in [6.07, 6.45) is 0.699. The van der Waals surface area contributed by atoms with Gasteiger partial charge >= 0.3 is 0 Å². The summed E-state index contributed by atoms with van der Waals surface area (Å²) in [5.74, 6) is 2.72. The second-order valence-electron chi connectivity index (χ2n) is 6.48. The highest BCUT2D eigenvalue weighted by Gasteiger charge is 2.25. The molecule has 0 amide bonds. The molecule has 1 N–H and O–H groups in total. The van der Waals surface area contributed by atoms with E-state index < -0.39 is 0 Å². The lowest BCUT2D eigenvalue weighted by Gasteiger charge is -2.35. The summed E-state index contributed by atoms with van der Waals surface area (Å²) in [4.78, 5) is 15.7. The molecule has 8 nitrogen and oxygen atoms in total. The van der Waals surface area contributed by atoms with Crippen LogP contribution in [-0.4, -0.2) is 50.7 Å². The fourth-order valence-electron chi connectivity index (χ4n) is 2.84. The van der Waals surface area contributed by atoms with Crippen molar-refractivity contribution < 1.29 is 9.26 Å². The van der Waals surface area contributed by atoms with Crippen LogP contribution < -0.4 is 5.32 Å².